The fraction of sp³-hybridized carbons (Fsp3) is 0.500. The van der Waals surface area contributed by atoms with Crippen LogP contribution in [0.2, 0.25) is 0 Å². The first-order valence-corrected chi connectivity index (χ1v) is 6.96. The molecule has 2 rings (SSSR count). The molecule has 1 amide bonds. The summed E-state index contributed by atoms with van der Waals surface area (Å²) in [6.07, 6.45) is 1.73. The highest BCUT2D eigenvalue weighted by Gasteiger charge is 2.29. The van der Waals surface area contributed by atoms with Gasteiger partial charge in [0, 0.05) is 28.8 Å². The first kappa shape index (κ1) is 13.6. The highest BCUT2D eigenvalue weighted by Crippen LogP contribution is 2.22. The van der Waals surface area contributed by atoms with E-state index in [0.717, 1.165) is 22.9 Å². The van der Waals surface area contributed by atoms with Gasteiger partial charge in [0.25, 0.3) is 5.91 Å². The zero-order valence-electron chi connectivity index (χ0n) is 10.8. The van der Waals surface area contributed by atoms with Gasteiger partial charge in [-0.25, -0.2) is 0 Å². The molecule has 1 N–H and O–H groups in total. The van der Waals surface area contributed by atoms with Gasteiger partial charge < -0.3 is 10.1 Å². The molecule has 0 unspecified atom stereocenters. The maximum atomic E-state index is 12.2. The Labute approximate surface area is 116 Å². The van der Waals surface area contributed by atoms with E-state index >= 15 is 0 Å². The van der Waals surface area contributed by atoms with Crippen molar-refractivity contribution >= 4 is 21.8 Å². The van der Waals surface area contributed by atoms with Crippen molar-refractivity contribution in [3.05, 3.63) is 33.8 Å². The molecule has 0 radical (unpaired) electrons. The topological polar surface area (TPSA) is 38.3 Å². The summed E-state index contributed by atoms with van der Waals surface area (Å²) in [5.41, 5.74) is 1.68. The van der Waals surface area contributed by atoms with Gasteiger partial charge in [0.1, 0.15) is 0 Å². The number of carbonyl (C=O) groups is 1. The number of aryl methyl sites for hydroxylation is 1. The van der Waals surface area contributed by atoms with E-state index in [1.165, 1.54) is 0 Å². The lowest BCUT2D eigenvalue weighted by Crippen LogP contribution is -2.49. The summed E-state index contributed by atoms with van der Waals surface area (Å²) in [5, 5.41) is 3.12. The number of nitrogens with one attached hydrogen (secondary N) is 1. The summed E-state index contributed by atoms with van der Waals surface area (Å²) < 4.78 is 6.29. The Morgan fingerprint density at radius 1 is 1.39 bits per heavy atom. The molecule has 0 aliphatic carbocycles. The number of hydrogen-bond acceptors (Lipinski definition) is 2. The fourth-order valence-corrected chi connectivity index (χ4v) is 2.41. The van der Waals surface area contributed by atoms with Crippen LogP contribution < -0.4 is 5.32 Å². The predicted octanol–water partition coefficient (Wildman–Crippen LogP) is 3.06. The molecule has 0 spiro atoms. The Bertz CT molecular complexity index is 453. The molecular formula is C14H18BrNO2. The Morgan fingerprint density at radius 3 is 2.67 bits per heavy atom. The highest BCUT2D eigenvalue weighted by molar-refractivity contribution is 9.10. The molecule has 0 aromatic heterocycles. The van der Waals surface area contributed by atoms with Crippen molar-refractivity contribution in [3.8, 4) is 0 Å². The maximum absolute atomic E-state index is 12.2. The number of halogens is 1. The Balaban J connectivity index is 2.09. The van der Waals surface area contributed by atoms with E-state index in [2.05, 4.69) is 28.2 Å². The zero-order valence-corrected chi connectivity index (χ0v) is 12.3. The molecular weight excluding hydrogens is 294 g/mol. The first-order chi connectivity index (χ1) is 8.50. The molecule has 0 saturated carbocycles. The lowest BCUT2D eigenvalue weighted by molar-refractivity contribution is 0.0423. The van der Waals surface area contributed by atoms with Crippen LogP contribution >= 0.6 is 15.9 Å². The van der Waals surface area contributed by atoms with Crippen molar-refractivity contribution in [3.63, 3.8) is 0 Å². The zero-order chi connectivity index (χ0) is 13.2. The molecule has 1 saturated heterocycles. The molecule has 1 aromatic carbocycles. The lowest BCUT2D eigenvalue weighted by atomic mass is 9.92. The predicted molar refractivity (Wildman–Crippen MR) is 74.8 cm³/mol. The second-order valence-corrected chi connectivity index (χ2v) is 5.95. The van der Waals surface area contributed by atoms with Crippen LogP contribution in [0.5, 0.6) is 0 Å². The quantitative estimate of drug-likeness (QED) is 0.911. The first-order valence-electron chi connectivity index (χ1n) is 6.17. The van der Waals surface area contributed by atoms with Crippen LogP contribution in [0.4, 0.5) is 0 Å². The number of hydrogen-bond donors (Lipinski definition) is 1. The summed E-state index contributed by atoms with van der Waals surface area (Å²) in [6, 6.07) is 5.68. The van der Waals surface area contributed by atoms with E-state index in [0.29, 0.717) is 18.8 Å². The fourth-order valence-electron chi connectivity index (χ4n) is 2.03. The van der Waals surface area contributed by atoms with Gasteiger partial charge >= 0.3 is 0 Å². The van der Waals surface area contributed by atoms with E-state index in [1.807, 2.05) is 25.1 Å². The third kappa shape index (κ3) is 3.12. The lowest BCUT2D eigenvalue weighted by Gasteiger charge is -2.34. The number of rotatable bonds is 2. The van der Waals surface area contributed by atoms with Crippen molar-refractivity contribution in [1.82, 2.24) is 5.32 Å². The third-order valence-corrected chi connectivity index (χ3v) is 4.30. The second kappa shape index (κ2) is 5.41. The van der Waals surface area contributed by atoms with Gasteiger partial charge in [-0.3, -0.25) is 4.79 Å². The van der Waals surface area contributed by atoms with Gasteiger partial charge in [0.2, 0.25) is 0 Å². The average molecular weight is 312 g/mol. The van der Waals surface area contributed by atoms with Gasteiger partial charge in [-0.15, -0.1) is 0 Å². The molecule has 0 bridgehead atoms. The second-order valence-electron chi connectivity index (χ2n) is 5.09. The smallest absolute Gasteiger partial charge is 0.251 e. The monoisotopic (exact) mass is 311 g/mol. The van der Waals surface area contributed by atoms with Gasteiger partial charge in [-0.05, 0) is 44.4 Å². The summed E-state index contributed by atoms with van der Waals surface area (Å²) in [7, 11) is 0. The van der Waals surface area contributed by atoms with Crippen LogP contribution in [0.3, 0.4) is 0 Å². The molecule has 1 aliphatic heterocycles. The SMILES string of the molecule is Cc1ccc(C(=O)NC2(C)CCOCC2)cc1Br. The molecule has 1 aromatic rings. The average Bonchev–Trinajstić information content (AvgIpc) is 2.33. The maximum Gasteiger partial charge on any atom is 0.251 e. The van der Waals surface area contributed by atoms with Crippen molar-refractivity contribution in [2.24, 2.45) is 0 Å². The molecule has 4 heteroatoms. The van der Waals surface area contributed by atoms with Crippen LogP contribution in [0.25, 0.3) is 0 Å². The van der Waals surface area contributed by atoms with Crippen molar-refractivity contribution in [1.29, 1.82) is 0 Å². The minimum Gasteiger partial charge on any atom is -0.381 e. The Kier molecular flexibility index (Phi) is 4.07. The van der Waals surface area contributed by atoms with E-state index < -0.39 is 0 Å². The highest BCUT2D eigenvalue weighted by atomic mass is 79.9. The minimum absolute atomic E-state index is 0.0138. The molecule has 3 nitrogen and oxygen atoms in total. The van der Waals surface area contributed by atoms with Crippen molar-refractivity contribution in [2.45, 2.75) is 32.2 Å². The summed E-state index contributed by atoms with van der Waals surface area (Å²) in [5.74, 6) is -0.0138. The van der Waals surface area contributed by atoms with Gasteiger partial charge in [0.15, 0.2) is 0 Å². The summed E-state index contributed by atoms with van der Waals surface area (Å²) in [4.78, 5) is 12.2. The van der Waals surface area contributed by atoms with E-state index in [4.69, 9.17) is 4.74 Å². The molecule has 1 aliphatic rings. The third-order valence-electron chi connectivity index (χ3n) is 3.45. The van der Waals surface area contributed by atoms with Crippen LogP contribution in [-0.4, -0.2) is 24.7 Å². The van der Waals surface area contributed by atoms with Crippen LogP contribution in [0.1, 0.15) is 35.7 Å². The van der Waals surface area contributed by atoms with Crippen molar-refractivity contribution in [2.75, 3.05) is 13.2 Å². The Hall–Kier alpha value is -0.870. The number of amides is 1. The molecule has 1 heterocycles. The molecule has 0 atom stereocenters. The van der Waals surface area contributed by atoms with Gasteiger partial charge in [0.05, 0.1) is 0 Å². The van der Waals surface area contributed by atoms with E-state index in [1.54, 1.807) is 0 Å². The molecule has 98 valence electrons. The molecule has 1 fully saturated rings. The number of benzene rings is 1. The minimum atomic E-state index is -0.146. The normalized spacial score (nSPS) is 18.4. The number of carbonyl (C=O) groups excluding carboxylic acids is 1. The standard InChI is InChI=1S/C14H18BrNO2/c1-10-3-4-11(9-12(10)15)13(17)16-14(2)5-7-18-8-6-14/h3-4,9H,5-8H2,1-2H3,(H,16,17). The molecule has 18 heavy (non-hydrogen) atoms. The van der Waals surface area contributed by atoms with Crippen LogP contribution in [-0.2, 0) is 4.74 Å². The van der Waals surface area contributed by atoms with Crippen LogP contribution in [0.15, 0.2) is 22.7 Å². The van der Waals surface area contributed by atoms with E-state index in [9.17, 15) is 4.79 Å². The summed E-state index contributed by atoms with van der Waals surface area (Å²) in [6.45, 7) is 5.52. The van der Waals surface area contributed by atoms with Crippen LogP contribution in [0, 0.1) is 6.92 Å². The van der Waals surface area contributed by atoms with Crippen molar-refractivity contribution < 1.29 is 9.53 Å². The van der Waals surface area contributed by atoms with Gasteiger partial charge in [-0.2, -0.15) is 0 Å². The summed E-state index contributed by atoms with van der Waals surface area (Å²) >= 11 is 3.45. The largest absolute Gasteiger partial charge is 0.381 e. The Morgan fingerprint density at radius 2 is 2.06 bits per heavy atom. The van der Waals surface area contributed by atoms with Gasteiger partial charge in [-0.1, -0.05) is 22.0 Å². The van der Waals surface area contributed by atoms with E-state index in [-0.39, 0.29) is 11.4 Å². The number of ether oxygens (including phenoxy) is 1.